The number of benzene rings is 1. The number of nitrogens with one attached hydrogen (secondary N) is 1. The van der Waals surface area contributed by atoms with Gasteiger partial charge in [0, 0.05) is 30.7 Å². The van der Waals surface area contributed by atoms with Gasteiger partial charge >= 0.3 is 5.97 Å². The van der Waals surface area contributed by atoms with Crippen molar-refractivity contribution in [1.82, 2.24) is 5.32 Å². The van der Waals surface area contributed by atoms with Crippen molar-refractivity contribution in [2.45, 2.75) is 17.6 Å². The van der Waals surface area contributed by atoms with E-state index in [1.54, 1.807) is 7.11 Å². The van der Waals surface area contributed by atoms with Crippen molar-refractivity contribution in [2.24, 2.45) is 0 Å². The highest BCUT2D eigenvalue weighted by molar-refractivity contribution is 8.19. The molecule has 1 fully saturated rings. The van der Waals surface area contributed by atoms with Crippen molar-refractivity contribution in [3.63, 3.8) is 0 Å². The number of rotatable bonds is 9. The summed E-state index contributed by atoms with van der Waals surface area (Å²) >= 11 is 3.74. The third kappa shape index (κ3) is 6.45. The van der Waals surface area contributed by atoms with Crippen molar-refractivity contribution >= 4 is 35.4 Å². The summed E-state index contributed by atoms with van der Waals surface area (Å²) in [6, 6.07) is 7.71. The number of hydrogen-bond donors (Lipinski definition) is 1. The van der Waals surface area contributed by atoms with E-state index >= 15 is 0 Å². The van der Waals surface area contributed by atoms with Crippen molar-refractivity contribution < 1.29 is 23.8 Å². The number of carbonyl (C=O) groups is 2. The van der Waals surface area contributed by atoms with E-state index in [2.05, 4.69) is 5.32 Å². The Hall–Kier alpha value is -1.38. The zero-order chi connectivity index (χ0) is 18.1. The molecule has 1 amide bonds. The number of ether oxygens (including phenoxy) is 3. The Kier molecular flexibility index (Phi) is 8.43. The first kappa shape index (κ1) is 19.9. The van der Waals surface area contributed by atoms with Gasteiger partial charge in [0.25, 0.3) is 5.91 Å². The molecule has 0 aromatic heterocycles. The van der Waals surface area contributed by atoms with Gasteiger partial charge in [0.1, 0.15) is 5.75 Å². The molecular formula is C17H23NO5S2. The average Bonchev–Trinajstić information content (AvgIpc) is 3.14. The lowest BCUT2D eigenvalue weighted by Gasteiger charge is -2.16. The molecule has 1 N–H and O–H groups in total. The molecule has 1 saturated heterocycles. The Morgan fingerprint density at radius 1 is 1.28 bits per heavy atom. The summed E-state index contributed by atoms with van der Waals surface area (Å²) in [7, 11) is 1.55. The lowest BCUT2D eigenvalue weighted by molar-refractivity contribution is -0.156. The zero-order valence-electron chi connectivity index (χ0n) is 14.4. The third-order valence-electron chi connectivity index (χ3n) is 3.42. The second-order valence-electron chi connectivity index (χ2n) is 5.32. The van der Waals surface area contributed by atoms with E-state index < -0.39 is 12.1 Å². The first-order valence-electron chi connectivity index (χ1n) is 8.03. The summed E-state index contributed by atoms with van der Waals surface area (Å²) < 4.78 is 15.9. The van der Waals surface area contributed by atoms with E-state index in [4.69, 9.17) is 14.2 Å². The second kappa shape index (κ2) is 10.6. The average molecular weight is 386 g/mol. The summed E-state index contributed by atoms with van der Waals surface area (Å²) in [6.45, 7) is 2.08. The molecule has 1 aromatic rings. The summed E-state index contributed by atoms with van der Waals surface area (Å²) in [5.74, 6) is 1.98. The van der Waals surface area contributed by atoms with Crippen molar-refractivity contribution in [1.29, 1.82) is 0 Å². The second-order valence-corrected chi connectivity index (χ2v) is 8.04. The van der Waals surface area contributed by atoms with Crippen LogP contribution in [0.4, 0.5) is 0 Å². The van der Waals surface area contributed by atoms with Crippen LogP contribution in [0.2, 0.25) is 0 Å². The van der Waals surface area contributed by atoms with Gasteiger partial charge in [0.2, 0.25) is 0 Å². The van der Waals surface area contributed by atoms with Crippen LogP contribution in [-0.4, -0.2) is 56.4 Å². The number of thioether (sulfide) groups is 2. The molecule has 0 unspecified atom stereocenters. The Morgan fingerprint density at radius 2 is 2.00 bits per heavy atom. The molecule has 0 aliphatic carbocycles. The van der Waals surface area contributed by atoms with Gasteiger partial charge < -0.3 is 19.5 Å². The van der Waals surface area contributed by atoms with Crippen LogP contribution in [0.1, 0.15) is 17.1 Å². The standard InChI is InChI=1S/C17H23NO5S2/c1-12(16(20)18-7-8-21-2)23-15(19)11-22-14-6-4-3-5-13(14)17-24-9-10-25-17/h3-6,12,17H,7-11H2,1-2H3,(H,18,20)/t12-/m0/s1. The summed E-state index contributed by atoms with van der Waals surface area (Å²) in [6.07, 6.45) is -0.871. The number of para-hydroxylation sites is 1. The van der Waals surface area contributed by atoms with E-state index in [0.717, 1.165) is 17.1 Å². The maximum Gasteiger partial charge on any atom is 0.344 e. The molecule has 1 atom stereocenters. The van der Waals surface area contributed by atoms with Crippen LogP contribution in [0, 0.1) is 0 Å². The molecule has 1 aromatic carbocycles. The normalized spacial score (nSPS) is 15.6. The Labute approximate surface area is 156 Å². The molecule has 1 aliphatic rings. The number of hydrogen-bond acceptors (Lipinski definition) is 7. The predicted octanol–water partition coefficient (Wildman–Crippen LogP) is 2.24. The fourth-order valence-electron chi connectivity index (χ4n) is 2.19. The first-order chi connectivity index (χ1) is 12.1. The van der Waals surface area contributed by atoms with Gasteiger partial charge in [-0.3, -0.25) is 4.79 Å². The van der Waals surface area contributed by atoms with Gasteiger partial charge in [-0.25, -0.2) is 4.79 Å². The van der Waals surface area contributed by atoms with Crippen molar-refractivity contribution in [3.05, 3.63) is 29.8 Å². The summed E-state index contributed by atoms with van der Waals surface area (Å²) in [5, 5.41) is 2.62. The fraction of sp³-hybridized carbons (Fsp3) is 0.529. The summed E-state index contributed by atoms with van der Waals surface area (Å²) in [4.78, 5) is 23.7. The van der Waals surface area contributed by atoms with Gasteiger partial charge in [-0.1, -0.05) is 18.2 Å². The van der Waals surface area contributed by atoms with Crippen LogP contribution in [-0.2, 0) is 19.1 Å². The van der Waals surface area contributed by atoms with Crippen LogP contribution >= 0.6 is 23.5 Å². The quantitative estimate of drug-likeness (QED) is 0.516. The molecule has 1 heterocycles. The molecule has 6 nitrogen and oxygen atoms in total. The highest BCUT2D eigenvalue weighted by Crippen LogP contribution is 2.48. The molecule has 8 heteroatoms. The largest absolute Gasteiger partial charge is 0.482 e. The molecule has 138 valence electrons. The Balaban J connectivity index is 1.81. The van der Waals surface area contributed by atoms with E-state index in [-0.39, 0.29) is 12.5 Å². The summed E-state index contributed by atoms with van der Waals surface area (Å²) in [5.41, 5.74) is 1.08. The SMILES string of the molecule is COCCNC(=O)[C@H](C)OC(=O)COc1ccccc1C1SCCS1. The van der Waals surface area contributed by atoms with Gasteiger partial charge in [-0.15, -0.1) is 23.5 Å². The van der Waals surface area contributed by atoms with Crippen LogP contribution in [0.25, 0.3) is 0 Å². The monoisotopic (exact) mass is 385 g/mol. The number of amides is 1. The minimum Gasteiger partial charge on any atom is -0.482 e. The molecule has 0 spiro atoms. The van der Waals surface area contributed by atoms with Crippen LogP contribution < -0.4 is 10.1 Å². The molecule has 25 heavy (non-hydrogen) atoms. The minimum atomic E-state index is -0.871. The minimum absolute atomic E-state index is 0.227. The molecule has 0 radical (unpaired) electrons. The highest BCUT2D eigenvalue weighted by atomic mass is 32.2. The molecular weight excluding hydrogens is 362 g/mol. The van der Waals surface area contributed by atoms with Crippen molar-refractivity contribution in [2.75, 3.05) is 38.4 Å². The van der Waals surface area contributed by atoms with E-state index in [0.29, 0.717) is 23.5 Å². The van der Waals surface area contributed by atoms with E-state index in [1.165, 1.54) is 6.92 Å². The van der Waals surface area contributed by atoms with E-state index in [1.807, 2.05) is 47.8 Å². The smallest absolute Gasteiger partial charge is 0.344 e. The van der Waals surface area contributed by atoms with Crippen LogP contribution in [0.15, 0.2) is 24.3 Å². The number of methoxy groups -OCH3 is 1. The lowest BCUT2D eigenvalue weighted by Crippen LogP contribution is -2.38. The maximum atomic E-state index is 11.9. The van der Waals surface area contributed by atoms with Gasteiger partial charge in [-0.05, 0) is 13.0 Å². The molecule has 2 rings (SSSR count). The van der Waals surface area contributed by atoms with Crippen LogP contribution in [0.5, 0.6) is 5.75 Å². The van der Waals surface area contributed by atoms with Gasteiger partial charge in [0.05, 0.1) is 11.2 Å². The number of esters is 1. The lowest BCUT2D eigenvalue weighted by atomic mass is 10.2. The molecule has 1 aliphatic heterocycles. The molecule has 0 bridgehead atoms. The van der Waals surface area contributed by atoms with Crippen molar-refractivity contribution in [3.8, 4) is 5.75 Å². The third-order valence-corrected chi connectivity index (χ3v) is 6.49. The molecule has 0 saturated carbocycles. The van der Waals surface area contributed by atoms with Gasteiger partial charge in [-0.2, -0.15) is 0 Å². The Morgan fingerprint density at radius 3 is 2.72 bits per heavy atom. The maximum absolute atomic E-state index is 11.9. The Bertz CT molecular complexity index is 578. The predicted molar refractivity (Wildman–Crippen MR) is 100 cm³/mol. The fourth-order valence-corrected chi connectivity index (χ4v) is 5.09. The highest BCUT2D eigenvalue weighted by Gasteiger charge is 2.22. The van der Waals surface area contributed by atoms with E-state index in [9.17, 15) is 9.59 Å². The zero-order valence-corrected chi connectivity index (χ0v) is 16.0. The topological polar surface area (TPSA) is 73.9 Å². The number of carbonyl (C=O) groups excluding carboxylic acids is 2. The van der Waals surface area contributed by atoms with Crippen LogP contribution in [0.3, 0.4) is 0 Å². The first-order valence-corrected chi connectivity index (χ1v) is 10.1. The van der Waals surface area contributed by atoms with Gasteiger partial charge in [0.15, 0.2) is 12.7 Å².